The molecule has 5 heteroatoms. The van der Waals surface area contributed by atoms with Crippen molar-refractivity contribution < 1.29 is 9.90 Å². The molecule has 0 aliphatic heterocycles. The largest absolute Gasteiger partial charge is 0.478 e. The molecule has 0 saturated carbocycles. The average molecular weight is 365 g/mol. The molecule has 0 spiro atoms. The molecular weight excluding hydrogens is 332 g/mol. The van der Waals surface area contributed by atoms with E-state index in [-0.39, 0.29) is 5.56 Å². The summed E-state index contributed by atoms with van der Waals surface area (Å²) in [5.74, 6) is -0.958. The minimum absolute atomic E-state index is 0.227. The number of carbonyl (C=O) groups is 1. The highest BCUT2D eigenvalue weighted by atomic mass is 32.1. The van der Waals surface area contributed by atoms with Gasteiger partial charge in [-0.2, -0.15) is 0 Å². The van der Waals surface area contributed by atoms with Crippen LogP contribution in [-0.2, 0) is 0 Å². The van der Waals surface area contributed by atoms with Gasteiger partial charge in [-0.25, -0.2) is 4.79 Å². The van der Waals surface area contributed by atoms with Gasteiger partial charge < -0.3 is 15.7 Å². The second-order valence-corrected chi connectivity index (χ2v) is 6.82. The Bertz CT molecular complexity index is 520. The summed E-state index contributed by atoms with van der Waals surface area (Å²) >= 11 is 5.24. The van der Waals surface area contributed by atoms with E-state index in [1.165, 1.54) is 57.8 Å². The van der Waals surface area contributed by atoms with Crippen LogP contribution in [0.1, 0.15) is 81.5 Å². The second-order valence-electron chi connectivity index (χ2n) is 6.41. The third kappa shape index (κ3) is 10.1. The number of aromatic carboxylic acids is 1. The number of nitrogens with one attached hydrogen (secondary N) is 2. The van der Waals surface area contributed by atoms with Gasteiger partial charge in [-0.15, -0.1) is 0 Å². The number of carboxylic acids is 1. The molecule has 25 heavy (non-hydrogen) atoms. The highest BCUT2D eigenvalue weighted by Gasteiger charge is 2.09. The van der Waals surface area contributed by atoms with E-state index in [1.807, 2.05) is 0 Å². The van der Waals surface area contributed by atoms with Crippen molar-refractivity contribution in [3.05, 3.63) is 29.8 Å². The molecular formula is C20H32N2O2S. The first-order valence-corrected chi connectivity index (χ1v) is 9.93. The summed E-state index contributed by atoms with van der Waals surface area (Å²) in [6.45, 7) is 3.07. The predicted octanol–water partition coefficient (Wildman–Crippen LogP) is 5.59. The van der Waals surface area contributed by atoms with Gasteiger partial charge in [0, 0.05) is 6.54 Å². The lowest BCUT2D eigenvalue weighted by molar-refractivity contribution is 0.0698. The Kier molecular flexibility index (Phi) is 11.7. The molecule has 1 rings (SSSR count). The van der Waals surface area contributed by atoms with Gasteiger partial charge >= 0.3 is 5.97 Å². The van der Waals surface area contributed by atoms with E-state index in [4.69, 9.17) is 17.3 Å². The van der Waals surface area contributed by atoms with Gasteiger partial charge in [0.1, 0.15) is 0 Å². The first-order chi connectivity index (χ1) is 12.1. The Morgan fingerprint density at radius 3 is 2.12 bits per heavy atom. The molecule has 0 radical (unpaired) electrons. The summed E-state index contributed by atoms with van der Waals surface area (Å²) in [5, 5.41) is 15.7. The van der Waals surface area contributed by atoms with Crippen molar-refractivity contribution in [2.45, 2.75) is 71.1 Å². The number of anilines is 1. The van der Waals surface area contributed by atoms with Crippen molar-refractivity contribution >= 4 is 29.0 Å². The fraction of sp³-hybridized carbons (Fsp3) is 0.600. The summed E-state index contributed by atoms with van der Waals surface area (Å²) in [6, 6.07) is 6.78. The van der Waals surface area contributed by atoms with Crippen LogP contribution in [0, 0.1) is 0 Å². The number of benzene rings is 1. The summed E-state index contributed by atoms with van der Waals surface area (Å²) in [6.07, 6.45) is 13.1. The van der Waals surface area contributed by atoms with Crippen LogP contribution in [-0.4, -0.2) is 22.7 Å². The van der Waals surface area contributed by atoms with Crippen LogP contribution >= 0.6 is 12.2 Å². The zero-order valence-corrected chi connectivity index (χ0v) is 16.2. The Morgan fingerprint density at radius 1 is 0.960 bits per heavy atom. The third-order valence-electron chi connectivity index (χ3n) is 4.22. The summed E-state index contributed by atoms with van der Waals surface area (Å²) in [7, 11) is 0. The number of hydrogen-bond acceptors (Lipinski definition) is 2. The maximum atomic E-state index is 11.2. The molecule has 0 amide bonds. The first kappa shape index (κ1) is 21.4. The molecule has 0 saturated heterocycles. The number of unbranched alkanes of at least 4 members (excludes halogenated alkanes) is 9. The van der Waals surface area contributed by atoms with Crippen LogP contribution in [0.15, 0.2) is 24.3 Å². The molecule has 1 aromatic carbocycles. The van der Waals surface area contributed by atoms with Gasteiger partial charge in [0.2, 0.25) is 0 Å². The monoisotopic (exact) mass is 364 g/mol. The average Bonchev–Trinajstić information content (AvgIpc) is 2.60. The molecule has 4 nitrogen and oxygen atoms in total. The minimum Gasteiger partial charge on any atom is -0.478 e. The van der Waals surface area contributed by atoms with Crippen LogP contribution in [0.4, 0.5) is 5.69 Å². The van der Waals surface area contributed by atoms with E-state index in [1.54, 1.807) is 24.3 Å². The van der Waals surface area contributed by atoms with Crippen molar-refractivity contribution in [3.63, 3.8) is 0 Å². The van der Waals surface area contributed by atoms with E-state index in [2.05, 4.69) is 17.6 Å². The van der Waals surface area contributed by atoms with Gasteiger partial charge in [0.15, 0.2) is 5.11 Å². The molecule has 0 bridgehead atoms. The highest BCUT2D eigenvalue weighted by Crippen LogP contribution is 2.14. The maximum absolute atomic E-state index is 11.2. The van der Waals surface area contributed by atoms with E-state index < -0.39 is 5.97 Å². The van der Waals surface area contributed by atoms with Crippen LogP contribution in [0.25, 0.3) is 0 Å². The molecule has 0 fully saturated rings. The Morgan fingerprint density at radius 2 is 1.52 bits per heavy atom. The molecule has 0 aliphatic carbocycles. The van der Waals surface area contributed by atoms with Gasteiger partial charge in [0.05, 0.1) is 11.3 Å². The van der Waals surface area contributed by atoms with Gasteiger partial charge in [-0.1, -0.05) is 76.8 Å². The number of rotatable bonds is 13. The van der Waals surface area contributed by atoms with Crippen LogP contribution < -0.4 is 10.6 Å². The molecule has 0 aromatic heterocycles. The van der Waals surface area contributed by atoms with Crippen LogP contribution in [0.2, 0.25) is 0 Å². The van der Waals surface area contributed by atoms with Gasteiger partial charge in [0.25, 0.3) is 0 Å². The predicted molar refractivity (Wildman–Crippen MR) is 109 cm³/mol. The zero-order chi connectivity index (χ0) is 18.3. The molecule has 1 aromatic rings. The van der Waals surface area contributed by atoms with Gasteiger partial charge in [-0.05, 0) is 30.8 Å². The van der Waals surface area contributed by atoms with E-state index in [9.17, 15) is 4.79 Å². The quantitative estimate of drug-likeness (QED) is 0.314. The van der Waals surface area contributed by atoms with Crippen molar-refractivity contribution in [1.82, 2.24) is 5.32 Å². The Labute approximate surface area is 157 Å². The van der Waals surface area contributed by atoms with Crippen LogP contribution in [0.5, 0.6) is 0 Å². The SMILES string of the molecule is CCCCCCCCCCCCNC(=S)Nc1ccccc1C(=O)O. The normalized spacial score (nSPS) is 10.4. The van der Waals surface area contributed by atoms with Crippen molar-refractivity contribution in [2.75, 3.05) is 11.9 Å². The summed E-state index contributed by atoms with van der Waals surface area (Å²) < 4.78 is 0. The highest BCUT2D eigenvalue weighted by molar-refractivity contribution is 7.80. The number of thiocarbonyl (C=S) groups is 1. The van der Waals surface area contributed by atoms with Crippen molar-refractivity contribution in [2.24, 2.45) is 0 Å². The maximum Gasteiger partial charge on any atom is 0.337 e. The lowest BCUT2D eigenvalue weighted by Crippen LogP contribution is -2.29. The topological polar surface area (TPSA) is 61.4 Å². The van der Waals surface area contributed by atoms with Crippen LogP contribution in [0.3, 0.4) is 0 Å². The van der Waals surface area contributed by atoms with Gasteiger partial charge in [-0.3, -0.25) is 0 Å². The summed E-state index contributed by atoms with van der Waals surface area (Å²) in [5.41, 5.74) is 0.751. The number of carboxylic acid groups (broad SMARTS) is 1. The zero-order valence-electron chi connectivity index (χ0n) is 15.4. The third-order valence-corrected chi connectivity index (χ3v) is 4.47. The molecule has 0 atom stereocenters. The molecule has 0 heterocycles. The fourth-order valence-electron chi connectivity index (χ4n) is 2.76. The smallest absolute Gasteiger partial charge is 0.337 e. The lowest BCUT2D eigenvalue weighted by Gasteiger charge is -2.12. The molecule has 0 aliphatic rings. The molecule has 140 valence electrons. The van der Waals surface area contributed by atoms with E-state index >= 15 is 0 Å². The van der Waals surface area contributed by atoms with E-state index in [0.717, 1.165) is 13.0 Å². The Hall–Kier alpha value is -1.62. The Balaban J connectivity index is 2.05. The first-order valence-electron chi connectivity index (χ1n) is 9.52. The standard InChI is InChI=1S/C20H32N2O2S/c1-2-3-4-5-6-7-8-9-10-13-16-21-20(25)22-18-15-12-11-14-17(18)19(23)24/h11-12,14-15H,2-10,13,16H2,1H3,(H,23,24)(H2,21,22,25). The molecule has 3 N–H and O–H groups in total. The van der Waals surface area contributed by atoms with Crippen molar-refractivity contribution in [1.29, 1.82) is 0 Å². The summed E-state index contributed by atoms with van der Waals surface area (Å²) in [4.78, 5) is 11.2. The van der Waals surface area contributed by atoms with E-state index in [0.29, 0.717) is 10.8 Å². The fourth-order valence-corrected chi connectivity index (χ4v) is 2.97. The number of hydrogen-bond donors (Lipinski definition) is 3. The lowest BCUT2D eigenvalue weighted by atomic mass is 10.1. The minimum atomic E-state index is -0.958. The second kappa shape index (κ2) is 13.6. The van der Waals surface area contributed by atoms with Crippen molar-refractivity contribution in [3.8, 4) is 0 Å². The number of para-hydroxylation sites is 1. The molecule has 0 unspecified atom stereocenters.